The first kappa shape index (κ1) is 19.3. The molecule has 3 saturated carbocycles. The summed E-state index contributed by atoms with van der Waals surface area (Å²) in [6, 6.07) is 0. The Hall–Kier alpha value is -1.03. The Kier molecular flexibility index (Phi) is 4.85. The van der Waals surface area contributed by atoms with Gasteiger partial charge in [0, 0.05) is 30.1 Å². The molecule has 0 N–H and O–H groups in total. The van der Waals surface area contributed by atoms with Crippen LogP contribution in [-0.2, 0) is 14.3 Å². The minimum Gasteiger partial charge on any atom is -0.462 e. The summed E-state index contributed by atoms with van der Waals surface area (Å²) in [7, 11) is 0. The Labute approximate surface area is 168 Å². The van der Waals surface area contributed by atoms with E-state index in [2.05, 4.69) is 44.7 Å². The van der Waals surface area contributed by atoms with Crippen molar-refractivity contribution >= 4 is 23.7 Å². The molecule has 3 nitrogen and oxygen atoms in total. The van der Waals surface area contributed by atoms with Crippen molar-refractivity contribution < 1.29 is 14.3 Å². The molecule has 0 radical (unpaired) electrons. The number of esters is 1. The first-order valence-corrected chi connectivity index (χ1v) is 11.1. The molecular weight excluding hydrogens is 356 g/mol. The van der Waals surface area contributed by atoms with E-state index in [1.54, 1.807) is 0 Å². The van der Waals surface area contributed by atoms with Gasteiger partial charge in [0.05, 0.1) is 0 Å². The third kappa shape index (κ3) is 2.85. The van der Waals surface area contributed by atoms with Gasteiger partial charge in [0.25, 0.3) is 0 Å². The first-order valence-electron chi connectivity index (χ1n) is 10.6. The molecule has 7 atom stereocenters. The summed E-state index contributed by atoms with van der Waals surface area (Å²) in [6.07, 6.45) is 13.4. The van der Waals surface area contributed by atoms with Crippen LogP contribution in [0.3, 0.4) is 0 Å². The SMILES string of the molecule is CCC(=O)O[C@@H]1CC2=CCC=C[C@]2(C)[C@H]2CC[C@]3(C)[C@@H](C(=O)S)CC[C@H]3[C@H]12. The highest BCUT2D eigenvalue weighted by atomic mass is 32.1. The molecule has 0 heterocycles. The number of carbonyl (C=O) groups excluding carboxylic acids is 2. The number of hydrogen-bond acceptors (Lipinski definition) is 3. The average molecular weight is 389 g/mol. The van der Waals surface area contributed by atoms with Gasteiger partial charge in [0.2, 0.25) is 0 Å². The molecule has 0 saturated heterocycles. The lowest BCUT2D eigenvalue weighted by Crippen LogP contribution is -2.55. The van der Waals surface area contributed by atoms with Gasteiger partial charge in [-0.25, -0.2) is 0 Å². The van der Waals surface area contributed by atoms with Gasteiger partial charge in [-0.3, -0.25) is 9.59 Å². The molecular formula is C23H32O3S. The number of fused-ring (bicyclic) bond motifs is 5. The largest absolute Gasteiger partial charge is 0.462 e. The second-order valence-corrected chi connectivity index (χ2v) is 9.98. The van der Waals surface area contributed by atoms with E-state index in [1.807, 2.05) is 6.92 Å². The molecule has 3 fully saturated rings. The van der Waals surface area contributed by atoms with Crippen LogP contribution >= 0.6 is 12.6 Å². The quantitative estimate of drug-likeness (QED) is 0.415. The van der Waals surface area contributed by atoms with Crippen LogP contribution in [0.5, 0.6) is 0 Å². The van der Waals surface area contributed by atoms with Crippen LogP contribution in [0.15, 0.2) is 23.8 Å². The van der Waals surface area contributed by atoms with Crippen LogP contribution in [0.25, 0.3) is 0 Å². The standard InChI is InChI=1S/C23H32O3S/c1-4-19(24)26-18-13-14-7-5-6-11-22(14,2)16-10-12-23(3)15(20(16)18)8-9-17(23)21(25)27/h6-7,11,15-18,20H,4-5,8-10,12-13H2,1-3H3,(H,25,27)/t15-,16-,17+,18+,20-,22-,23-/m0/s1. The summed E-state index contributed by atoms with van der Waals surface area (Å²) in [5.41, 5.74) is 1.51. The smallest absolute Gasteiger partial charge is 0.305 e. The van der Waals surface area contributed by atoms with Crippen molar-refractivity contribution in [1.82, 2.24) is 0 Å². The van der Waals surface area contributed by atoms with Gasteiger partial charge >= 0.3 is 5.97 Å². The lowest BCUT2D eigenvalue weighted by atomic mass is 9.47. The van der Waals surface area contributed by atoms with Crippen molar-refractivity contribution in [3.8, 4) is 0 Å². The van der Waals surface area contributed by atoms with E-state index >= 15 is 0 Å². The van der Waals surface area contributed by atoms with E-state index < -0.39 is 0 Å². The van der Waals surface area contributed by atoms with Crippen LogP contribution < -0.4 is 0 Å². The second-order valence-electron chi connectivity index (χ2n) is 9.54. The molecule has 4 aliphatic carbocycles. The summed E-state index contributed by atoms with van der Waals surface area (Å²) in [6.45, 7) is 6.54. The van der Waals surface area contributed by atoms with E-state index in [0.29, 0.717) is 24.2 Å². The topological polar surface area (TPSA) is 43.4 Å². The minimum atomic E-state index is -0.0959. The van der Waals surface area contributed by atoms with Crippen LogP contribution in [0.1, 0.15) is 65.7 Å². The highest BCUT2D eigenvalue weighted by molar-refractivity contribution is 7.96. The van der Waals surface area contributed by atoms with Gasteiger partial charge in [-0.1, -0.05) is 44.6 Å². The van der Waals surface area contributed by atoms with Gasteiger partial charge in [-0.15, -0.1) is 12.6 Å². The van der Waals surface area contributed by atoms with Crippen LogP contribution in [0, 0.1) is 34.5 Å². The van der Waals surface area contributed by atoms with Crippen molar-refractivity contribution in [2.75, 3.05) is 0 Å². The molecule has 4 heteroatoms. The van der Waals surface area contributed by atoms with Crippen molar-refractivity contribution in [1.29, 1.82) is 0 Å². The van der Waals surface area contributed by atoms with Crippen molar-refractivity contribution in [2.24, 2.45) is 34.5 Å². The Morgan fingerprint density at radius 1 is 1.22 bits per heavy atom. The zero-order valence-electron chi connectivity index (χ0n) is 16.7. The number of carbonyl (C=O) groups is 2. The number of allylic oxidation sites excluding steroid dienone is 3. The molecule has 0 aliphatic heterocycles. The number of ether oxygens (including phenoxy) is 1. The highest BCUT2D eigenvalue weighted by Gasteiger charge is 2.62. The molecule has 0 aromatic heterocycles. The Morgan fingerprint density at radius 2 is 2.00 bits per heavy atom. The summed E-state index contributed by atoms with van der Waals surface area (Å²) in [5.74, 6) is 1.19. The zero-order valence-corrected chi connectivity index (χ0v) is 17.6. The van der Waals surface area contributed by atoms with Crippen molar-refractivity contribution in [3.05, 3.63) is 23.8 Å². The van der Waals surface area contributed by atoms with E-state index in [4.69, 9.17) is 4.74 Å². The molecule has 4 aliphatic rings. The number of hydrogen-bond donors (Lipinski definition) is 1. The third-order valence-electron chi connectivity index (χ3n) is 8.48. The molecule has 0 bridgehead atoms. The van der Waals surface area contributed by atoms with E-state index in [1.165, 1.54) is 5.57 Å². The maximum atomic E-state index is 12.2. The van der Waals surface area contributed by atoms with Gasteiger partial charge in [-0.05, 0) is 49.4 Å². The molecule has 0 amide bonds. The van der Waals surface area contributed by atoms with Crippen LogP contribution in [0.4, 0.5) is 0 Å². The number of rotatable bonds is 3. The first-order chi connectivity index (χ1) is 12.8. The molecule has 0 unspecified atom stereocenters. The van der Waals surface area contributed by atoms with Crippen LogP contribution in [0.2, 0.25) is 0 Å². The number of thiol groups is 1. The third-order valence-corrected chi connectivity index (χ3v) is 8.79. The summed E-state index contributed by atoms with van der Waals surface area (Å²) in [4.78, 5) is 24.4. The summed E-state index contributed by atoms with van der Waals surface area (Å²) < 4.78 is 6.04. The fourth-order valence-corrected chi connectivity index (χ4v) is 7.48. The van der Waals surface area contributed by atoms with Gasteiger partial charge in [0.15, 0.2) is 5.12 Å². The monoisotopic (exact) mass is 388 g/mol. The zero-order chi connectivity index (χ0) is 19.4. The Morgan fingerprint density at radius 3 is 2.70 bits per heavy atom. The Bertz CT molecular complexity index is 710. The minimum absolute atomic E-state index is 0.00711. The predicted molar refractivity (Wildman–Crippen MR) is 109 cm³/mol. The molecule has 0 aromatic carbocycles. The van der Waals surface area contributed by atoms with Crippen LogP contribution in [-0.4, -0.2) is 17.2 Å². The van der Waals surface area contributed by atoms with Gasteiger partial charge < -0.3 is 4.74 Å². The molecule has 4 rings (SSSR count). The fraction of sp³-hybridized carbons (Fsp3) is 0.739. The van der Waals surface area contributed by atoms with Crippen molar-refractivity contribution in [3.63, 3.8) is 0 Å². The maximum Gasteiger partial charge on any atom is 0.305 e. The molecule has 0 spiro atoms. The maximum absolute atomic E-state index is 12.2. The highest BCUT2D eigenvalue weighted by Crippen LogP contribution is 2.66. The fourth-order valence-electron chi connectivity index (χ4n) is 7.06. The van der Waals surface area contributed by atoms with Crippen molar-refractivity contribution in [2.45, 2.75) is 71.8 Å². The summed E-state index contributed by atoms with van der Waals surface area (Å²) >= 11 is 4.22. The normalized spacial score (nSPS) is 45.3. The lowest BCUT2D eigenvalue weighted by molar-refractivity contribution is -0.165. The molecule has 148 valence electrons. The Balaban J connectivity index is 1.74. The molecule has 27 heavy (non-hydrogen) atoms. The van der Waals surface area contributed by atoms with E-state index in [0.717, 1.165) is 38.5 Å². The van der Waals surface area contributed by atoms with E-state index in [9.17, 15) is 9.59 Å². The summed E-state index contributed by atoms with van der Waals surface area (Å²) in [5, 5.41) is 0.0423. The lowest BCUT2D eigenvalue weighted by Gasteiger charge is -2.58. The second kappa shape index (κ2) is 6.79. The average Bonchev–Trinajstić information content (AvgIpc) is 2.99. The van der Waals surface area contributed by atoms with E-state index in [-0.39, 0.29) is 33.9 Å². The van der Waals surface area contributed by atoms with Gasteiger partial charge in [0.1, 0.15) is 6.10 Å². The predicted octanol–water partition coefficient (Wildman–Crippen LogP) is 5.12. The van der Waals surface area contributed by atoms with Gasteiger partial charge in [-0.2, -0.15) is 0 Å². The molecule has 0 aromatic rings.